The Hall–Kier alpha value is -0.390. The number of rotatable bonds is 6. The molecule has 3 heteroatoms. The second kappa shape index (κ2) is 8.15. The fourth-order valence-electron chi connectivity index (χ4n) is 2.22. The molecule has 2 aromatic carbocycles. The highest BCUT2D eigenvalue weighted by molar-refractivity contribution is 14.1. The van der Waals surface area contributed by atoms with Crippen molar-refractivity contribution in [1.29, 1.82) is 0 Å². The van der Waals surface area contributed by atoms with Crippen molar-refractivity contribution in [3.05, 3.63) is 67.7 Å². The topological polar surface area (TPSA) is 12.0 Å². The fourth-order valence-corrected chi connectivity index (χ4v) is 3.25. The van der Waals surface area contributed by atoms with E-state index in [1.807, 2.05) is 0 Å². The smallest absolute Gasteiger partial charge is 0.0371 e. The Bertz CT molecular complexity index is 539. The summed E-state index contributed by atoms with van der Waals surface area (Å²) in [5.41, 5.74) is 2.76. The van der Waals surface area contributed by atoms with Crippen LogP contribution in [0, 0.1) is 3.57 Å². The van der Waals surface area contributed by atoms with Crippen LogP contribution in [0.15, 0.2) is 53.0 Å². The average Bonchev–Trinajstić information content (AvgIpc) is 2.46. The molecule has 0 aromatic heterocycles. The molecule has 1 N–H and O–H groups in total. The predicted molar refractivity (Wildman–Crippen MR) is 98.0 cm³/mol. The van der Waals surface area contributed by atoms with Gasteiger partial charge in [-0.05, 0) is 71.3 Å². The highest BCUT2D eigenvalue weighted by atomic mass is 127. The number of halogens is 2. The largest absolute Gasteiger partial charge is 0.310 e. The van der Waals surface area contributed by atoms with Gasteiger partial charge in [0, 0.05) is 14.1 Å². The molecule has 0 amide bonds. The summed E-state index contributed by atoms with van der Waals surface area (Å²) >= 11 is 5.92. The average molecular weight is 444 g/mol. The van der Waals surface area contributed by atoms with E-state index in [0.29, 0.717) is 6.04 Å². The summed E-state index contributed by atoms with van der Waals surface area (Å²) < 4.78 is 2.46. The van der Waals surface area contributed by atoms with Gasteiger partial charge in [0.25, 0.3) is 0 Å². The lowest BCUT2D eigenvalue weighted by Crippen LogP contribution is -2.24. The SMILES string of the molecule is CCCNC(Cc1ccc(Br)cc1)c1ccccc1I. The van der Waals surface area contributed by atoms with Crippen LogP contribution >= 0.6 is 38.5 Å². The van der Waals surface area contributed by atoms with Gasteiger partial charge in [0.2, 0.25) is 0 Å². The van der Waals surface area contributed by atoms with Gasteiger partial charge in [-0.3, -0.25) is 0 Å². The lowest BCUT2D eigenvalue weighted by molar-refractivity contribution is 0.527. The van der Waals surface area contributed by atoms with Crippen LogP contribution in [0.5, 0.6) is 0 Å². The molecular weight excluding hydrogens is 425 g/mol. The number of benzene rings is 2. The molecule has 1 nitrogen and oxygen atoms in total. The van der Waals surface area contributed by atoms with Gasteiger partial charge in [0.05, 0.1) is 0 Å². The van der Waals surface area contributed by atoms with Crippen LogP contribution in [0.25, 0.3) is 0 Å². The molecule has 0 fully saturated rings. The lowest BCUT2D eigenvalue weighted by Gasteiger charge is -2.20. The molecule has 0 aliphatic carbocycles. The zero-order chi connectivity index (χ0) is 14.4. The summed E-state index contributed by atoms with van der Waals surface area (Å²) in [6.07, 6.45) is 2.17. The highest BCUT2D eigenvalue weighted by Gasteiger charge is 2.14. The van der Waals surface area contributed by atoms with Crippen LogP contribution in [0.1, 0.15) is 30.5 Å². The van der Waals surface area contributed by atoms with Gasteiger partial charge in [-0.1, -0.05) is 53.2 Å². The van der Waals surface area contributed by atoms with Gasteiger partial charge >= 0.3 is 0 Å². The standard InChI is InChI=1S/C17H19BrIN/c1-2-11-20-17(15-5-3-4-6-16(15)19)12-13-7-9-14(18)10-8-13/h3-10,17,20H,2,11-12H2,1H3. The quantitative estimate of drug-likeness (QED) is 0.594. The van der Waals surface area contributed by atoms with Gasteiger partial charge in [0.1, 0.15) is 0 Å². The third-order valence-corrected chi connectivity index (χ3v) is 4.79. The second-order valence-corrected chi connectivity index (χ2v) is 6.94. The van der Waals surface area contributed by atoms with E-state index >= 15 is 0 Å². The summed E-state index contributed by atoms with van der Waals surface area (Å²) in [4.78, 5) is 0. The van der Waals surface area contributed by atoms with Crippen molar-refractivity contribution in [2.45, 2.75) is 25.8 Å². The Morgan fingerprint density at radius 2 is 1.80 bits per heavy atom. The molecule has 0 saturated heterocycles. The number of hydrogen-bond acceptors (Lipinski definition) is 1. The molecule has 20 heavy (non-hydrogen) atoms. The lowest BCUT2D eigenvalue weighted by atomic mass is 9.99. The van der Waals surface area contributed by atoms with Crippen LogP contribution in [0.3, 0.4) is 0 Å². The van der Waals surface area contributed by atoms with Crippen molar-refractivity contribution >= 4 is 38.5 Å². The predicted octanol–water partition coefficient (Wildman–Crippen LogP) is 5.34. The molecule has 2 rings (SSSR count). The normalized spacial score (nSPS) is 12.3. The van der Waals surface area contributed by atoms with E-state index in [1.165, 1.54) is 14.7 Å². The van der Waals surface area contributed by atoms with Crippen LogP contribution in [-0.4, -0.2) is 6.54 Å². The molecule has 0 bridgehead atoms. The van der Waals surface area contributed by atoms with Crippen molar-refractivity contribution < 1.29 is 0 Å². The maximum atomic E-state index is 3.67. The van der Waals surface area contributed by atoms with Crippen molar-refractivity contribution in [3.63, 3.8) is 0 Å². The zero-order valence-electron chi connectivity index (χ0n) is 11.6. The van der Waals surface area contributed by atoms with Crippen LogP contribution in [0.2, 0.25) is 0 Å². The van der Waals surface area contributed by atoms with Gasteiger partial charge in [-0.25, -0.2) is 0 Å². The molecular formula is C17H19BrIN. The highest BCUT2D eigenvalue weighted by Crippen LogP contribution is 2.24. The molecule has 0 aliphatic heterocycles. The Morgan fingerprint density at radius 1 is 1.10 bits per heavy atom. The molecule has 0 aliphatic rings. The maximum Gasteiger partial charge on any atom is 0.0371 e. The minimum Gasteiger partial charge on any atom is -0.310 e. The first-order valence-corrected chi connectivity index (χ1v) is 8.80. The Balaban J connectivity index is 2.19. The van der Waals surface area contributed by atoms with Gasteiger partial charge in [0.15, 0.2) is 0 Å². The Labute approximate surface area is 143 Å². The molecule has 1 atom stereocenters. The van der Waals surface area contributed by atoms with Crippen molar-refractivity contribution in [2.75, 3.05) is 6.54 Å². The molecule has 1 unspecified atom stereocenters. The first-order valence-electron chi connectivity index (χ1n) is 6.93. The van der Waals surface area contributed by atoms with Crippen molar-refractivity contribution in [1.82, 2.24) is 5.32 Å². The van der Waals surface area contributed by atoms with E-state index in [-0.39, 0.29) is 0 Å². The van der Waals surface area contributed by atoms with Gasteiger partial charge in [-0.15, -0.1) is 0 Å². The zero-order valence-corrected chi connectivity index (χ0v) is 15.3. The second-order valence-electron chi connectivity index (χ2n) is 4.86. The molecule has 0 radical (unpaired) electrons. The van der Waals surface area contributed by atoms with E-state index in [9.17, 15) is 0 Å². The molecule has 0 spiro atoms. The van der Waals surface area contributed by atoms with Gasteiger partial charge < -0.3 is 5.32 Å². The van der Waals surface area contributed by atoms with Crippen LogP contribution < -0.4 is 5.32 Å². The number of hydrogen-bond donors (Lipinski definition) is 1. The van der Waals surface area contributed by atoms with E-state index in [1.54, 1.807) is 0 Å². The van der Waals surface area contributed by atoms with Crippen LogP contribution in [-0.2, 0) is 6.42 Å². The third-order valence-electron chi connectivity index (χ3n) is 3.27. The minimum atomic E-state index is 0.379. The maximum absolute atomic E-state index is 3.67. The van der Waals surface area contributed by atoms with Gasteiger partial charge in [-0.2, -0.15) is 0 Å². The molecule has 2 aromatic rings. The Morgan fingerprint density at radius 3 is 2.45 bits per heavy atom. The summed E-state index contributed by atoms with van der Waals surface area (Å²) in [5.74, 6) is 0. The van der Waals surface area contributed by atoms with E-state index in [2.05, 4.69) is 99.3 Å². The fraction of sp³-hybridized carbons (Fsp3) is 0.294. The van der Waals surface area contributed by atoms with Crippen molar-refractivity contribution in [3.8, 4) is 0 Å². The summed E-state index contributed by atoms with van der Waals surface area (Å²) in [5, 5.41) is 3.67. The van der Waals surface area contributed by atoms with Crippen LogP contribution in [0.4, 0.5) is 0 Å². The third kappa shape index (κ3) is 4.57. The minimum absolute atomic E-state index is 0.379. The Kier molecular flexibility index (Phi) is 6.52. The monoisotopic (exact) mass is 443 g/mol. The molecule has 0 heterocycles. The summed E-state index contributed by atoms with van der Waals surface area (Å²) in [7, 11) is 0. The van der Waals surface area contributed by atoms with E-state index < -0.39 is 0 Å². The molecule has 106 valence electrons. The first kappa shape index (κ1) is 16.0. The van der Waals surface area contributed by atoms with E-state index in [4.69, 9.17) is 0 Å². The molecule has 0 saturated carbocycles. The number of nitrogens with one attached hydrogen (secondary N) is 1. The first-order chi connectivity index (χ1) is 9.70. The van der Waals surface area contributed by atoms with Crippen molar-refractivity contribution in [2.24, 2.45) is 0 Å². The summed E-state index contributed by atoms with van der Waals surface area (Å²) in [6, 6.07) is 17.6. The van der Waals surface area contributed by atoms with E-state index in [0.717, 1.165) is 23.9 Å². The summed E-state index contributed by atoms with van der Waals surface area (Å²) in [6.45, 7) is 3.26.